The molecule has 1 fully saturated rings. The van der Waals surface area contributed by atoms with E-state index >= 15 is 0 Å². The Morgan fingerprint density at radius 2 is 2.04 bits per heavy atom. The molecule has 25 heavy (non-hydrogen) atoms. The SMILES string of the molecule is CN(Cc1ncccn1)C1CCN(C(=O)c2cn(C(C)(C)C)nn2)C1. The standard InChI is InChI=1S/C17H25N7O/c1-17(2,3)24-11-14(20-21-24)16(25)23-9-6-13(10-23)22(4)12-15-18-7-5-8-19-15/h5,7-8,11,13H,6,9-10,12H2,1-4H3. The number of carbonyl (C=O) groups excluding carboxylic acids is 1. The highest BCUT2D eigenvalue weighted by atomic mass is 16.2. The van der Waals surface area contributed by atoms with Gasteiger partial charge >= 0.3 is 0 Å². The smallest absolute Gasteiger partial charge is 0.276 e. The summed E-state index contributed by atoms with van der Waals surface area (Å²) in [4.78, 5) is 25.3. The summed E-state index contributed by atoms with van der Waals surface area (Å²) in [6, 6.07) is 2.11. The van der Waals surface area contributed by atoms with Crippen molar-refractivity contribution in [2.45, 2.75) is 45.3 Å². The van der Waals surface area contributed by atoms with Gasteiger partial charge in [-0.25, -0.2) is 14.6 Å². The molecule has 1 aliphatic heterocycles. The van der Waals surface area contributed by atoms with E-state index in [4.69, 9.17) is 0 Å². The summed E-state index contributed by atoms with van der Waals surface area (Å²) in [6.45, 7) is 8.18. The number of amides is 1. The van der Waals surface area contributed by atoms with Crippen molar-refractivity contribution in [3.63, 3.8) is 0 Å². The van der Waals surface area contributed by atoms with Crippen LogP contribution >= 0.6 is 0 Å². The Hall–Kier alpha value is -2.35. The van der Waals surface area contributed by atoms with Crippen LogP contribution in [0.2, 0.25) is 0 Å². The van der Waals surface area contributed by atoms with Gasteiger partial charge in [0.1, 0.15) is 5.82 Å². The zero-order valence-corrected chi connectivity index (χ0v) is 15.3. The molecular weight excluding hydrogens is 318 g/mol. The molecule has 1 aliphatic rings. The maximum atomic E-state index is 12.7. The van der Waals surface area contributed by atoms with Crippen LogP contribution in [0.1, 0.15) is 43.5 Å². The molecular formula is C17H25N7O. The van der Waals surface area contributed by atoms with E-state index in [1.807, 2.05) is 38.8 Å². The topological polar surface area (TPSA) is 80.0 Å². The van der Waals surface area contributed by atoms with Gasteiger partial charge in [0.2, 0.25) is 0 Å². The molecule has 0 N–H and O–H groups in total. The molecule has 0 spiro atoms. The molecule has 0 aromatic carbocycles. The largest absolute Gasteiger partial charge is 0.336 e. The molecule has 1 unspecified atom stereocenters. The monoisotopic (exact) mass is 343 g/mol. The maximum absolute atomic E-state index is 12.7. The van der Waals surface area contributed by atoms with Gasteiger partial charge < -0.3 is 4.90 Å². The van der Waals surface area contributed by atoms with Gasteiger partial charge in [-0.15, -0.1) is 5.10 Å². The van der Waals surface area contributed by atoms with Gasteiger partial charge in [-0.2, -0.15) is 0 Å². The number of rotatable bonds is 4. The summed E-state index contributed by atoms with van der Waals surface area (Å²) in [6.07, 6.45) is 6.16. The highest BCUT2D eigenvalue weighted by Gasteiger charge is 2.31. The third kappa shape index (κ3) is 4.01. The molecule has 3 heterocycles. The van der Waals surface area contributed by atoms with Gasteiger partial charge in [-0.3, -0.25) is 9.69 Å². The minimum atomic E-state index is -0.186. The van der Waals surface area contributed by atoms with Crippen molar-refractivity contribution in [3.8, 4) is 0 Å². The van der Waals surface area contributed by atoms with E-state index in [2.05, 4.69) is 25.2 Å². The van der Waals surface area contributed by atoms with Crippen molar-refractivity contribution in [1.82, 2.24) is 34.8 Å². The van der Waals surface area contributed by atoms with Gasteiger partial charge in [0.05, 0.1) is 18.3 Å². The Balaban J connectivity index is 1.60. The summed E-state index contributed by atoms with van der Waals surface area (Å²) >= 11 is 0. The fourth-order valence-electron chi connectivity index (χ4n) is 2.90. The summed E-state index contributed by atoms with van der Waals surface area (Å²) in [5.74, 6) is 0.741. The second-order valence-corrected chi connectivity index (χ2v) is 7.49. The number of hydrogen-bond acceptors (Lipinski definition) is 6. The number of likely N-dealkylation sites (N-methyl/N-ethyl adjacent to an activating group) is 1. The summed E-state index contributed by atoms with van der Waals surface area (Å²) in [5, 5.41) is 8.14. The van der Waals surface area contributed by atoms with Crippen LogP contribution in [-0.2, 0) is 12.1 Å². The maximum Gasteiger partial charge on any atom is 0.276 e. The first-order valence-electron chi connectivity index (χ1n) is 8.53. The first kappa shape index (κ1) is 17.5. The Bertz CT molecular complexity index is 722. The number of aromatic nitrogens is 5. The molecule has 1 saturated heterocycles. The molecule has 2 aromatic heterocycles. The van der Waals surface area contributed by atoms with Crippen LogP contribution in [0, 0.1) is 0 Å². The van der Waals surface area contributed by atoms with E-state index in [-0.39, 0.29) is 11.4 Å². The van der Waals surface area contributed by atoms with Crippen LogP contribution in [0.15, 0.2) is 24.7 Å². The lowest BCUT2D eigenvalue weighted by Crippen LogP contribution is -2.36. The van der Waals surface area contributed by atoms with E-state index < -0.39 is 0 Å². The molecule has 0 bridgehead atoms. The lowest BCUT2D eigenvalue weighted by Gasteiger charge is -2.23. The number of likely N-dealkylation sites (tertiary alicyclic amines) is 1. The van der Waals surface area contributed by atoms with E-state index in [1.54, 1.807) is 23.3 Å². The lowest BCUT2D eigenvalue weighted by atomic mass is 10.1. The number of hydrogen-bond donors (Lipinski definition) is 0. The number of carbonyl (C=O) groups is 1. The second-order valence-electron chi connectivity index (χ2n) is 7.49. The Kier molecular flexibility index (Phi) is 4.80. The highest BCUT2D eigenvalue weighted by molar-refractivity contribution is 5.92. The van der Waals surface area contributed by atoms with Crippen molar-refractivity contribution >= 4 is 5.91 Å². The van der Waals surface area contributed by atoms with Crippen molar-refractivity contribution in [2.24, 2.45) is 0 Å². The Morgan fingerprint density at radius 3 is 2.68 bits per heavy atom. The third-order valence-electron chi connectivity index (χ3n) is 4.48. The molecule has 0 saturated carbocycles. The molecule has 2 aromatic rings. The van der Waals surface area contributed by atoms with Crippen LogP contribution in [0.3, 0.4) is 0 Å². The molecule has 8 nitrogen and oxygen atoms in total. The lowest BCUT2D eigenvalue weighted by molar-refractivity contribution is 0.0773. The Labute approximate surface area is 147 Å². The first-order chi connectivity index (χ1) is 11.8. The summed E-state index contributed by atoms with van der Waals surface area (Å²) < 4.78 is 1.73. The van der Waals surface area contributed by atoms with Gasteiger partial charge in [-0.1, -0.05) is 5.21 Å². The molecule has 0 aliphatic carbocycles. The zero-order chi connectivity index (χ0) is 18.0. The van der Waals surface area contributed by atoms with E-state index in [1.165, 1.54) is 0 Å². The summed E-state index contributed by atoms with van der Waals surface area (Å²) in [5.41, 5.74) is 0.222. The average Bonchev–Trinajstić information content (AvgIpc) is 3.24. The van der Waals surface area contributed by atoms with Crippen molar-refractivity contribution in [1.29, 1.82) is 0 Å². The summed E-state index contributed by atoms with van der Waals surface area (Å²) in [7, 11) is 2.05. The van der Waals surface area contributed by atoms with Gasteiger partial charge in [0.15, 0.2) is 5.69 Å². The van der Waals surface area contributed by atoms with Crippen LogP contribution in [-0.4, -0.2) is 66.8 Å². The van der Waals surface area contributed by atoms with Crippen molar-refractivity contribution in [2.75, 3.05) is 20.1 Å². The molecule has 3 rings (SSSR count). The fraction of sp³-hybridized carbons (Fsp3) is 0.588. The third-order valence-corrected chi connectivity index (χ3v) is 4.48. The minimum Gasteiger partial charge on any atom is -0.336 e. The predicted octanol–water partition coefficient (Wildman–Crippen LogP) is 1.17. The Morgan fingerprint density at radius 1 is 1.32 bits per heavy atom. The fourth-order valence-corrected chi connectivity index (χ4v) is 2.90. The zero-order valence-electron chi connectivity index (χ0n) is 15.3. The van der Waals surface area contributed by atoms with Gasteiger partial charge in [0.25, 0.3) is 5.91 Å². The van der Waals surface area contributed by atoms with Crippen LogP contribution in [0.5, 0.6) is 0 Å². The predicted molar refractivity (Wildman–Crippen MR) is 92.8 cm³/mol. The number of nitrogens with zero attached hydrogens (tertiary/aromatic N) is 7. The first-order valence-corrected chi connectivity index (χ1v) is 8.53. The molecule has 0 radical (unpaired) electrons. The van der Waals surface area contributed by atoms with Gasteiger partial charge in [-0.05, 0) is 40.3 Å². The van der Waals surface area contributed by atoms with Crippen molar-refractivity contribution < 1.29 is 4.79 Å². The average molecular weight is 343 g/mol. The van der Waals surface area contributed by atoms with Crippen LogP contribution < -0.4 is 0 Å². The van der Waals surface area contributed by atoms with Gasteiger partial charge in [0, 0.05) is 31.5 Å². The van der Waals surface area contributed by atoms with E-state index in [0.717, 1.165) is 18.8 Å². The quantitative estimate of drug-likeness (QED) is 0.829. The normalized spacial score (nSPS) is 18.1. The van der Waals surface area contributed by atoms with E-state index in [9.17, 15) is 4.79 Å². The van der Waals surface area contributed by atoms with E-state index in [0.29, 0.717) is 24.8 Å². The van der Waals surface area contributed by atoms with Crippen LogP contribution in [0.25, 0.3) is 0 Å². The van der Waals surface area contributed by atoms with Crippen LogP contribution in [0.4, 0.5) is 0 Å². The molecule has 1 amide bonds. The minimum absolute atomic E-state index is 0.0534. The second kappa shape index (κ2) is 6.87. The van der Waals surface area contributed by atoms with Crippen molar-refractivity contribution in [3.05, 3.63) is 36.2 Å². The highest BCUT2D eigenvalue weighted by Crippen LogP contribution is 2.19. The molecule has 1 atom stereocenters. The molecule has 8 heteroatoms. The molecule has 134 valence electrons.